The molecule has 1 aromatic heterocycles. The Morgan fingerprint density at radius 1 is 1.25 bits per heavy atom. The fourth-order valence-corrected chi connectivity index (χ4v) is 3.52. The summed E-state index contributed by atoms with van der Waals surface area (Å²) < 4.78 is 19.3. The van der Waals surface area contributed by atoms with Crippen LogP contribution >= 0.6 is 0 Å². The van der Waals surface area contributed by atoms with Crippen molar-refractivity contribution in [3.05, 3.63) is 53.5 Å². The molecular formula is C19H24FN3O. The van der Waals surface area contributed by atoms with E-state index < -0.39 is 0 Å². The van der Waals surface area contributed by atoms with E-state index in [2.05, 4.69) is 24.1 Å². The maximum absolute atomic E-state index is 13.4. The number of aromatic nitrogens is 1. The third kappa shape index (κ3) is 3.10. The van der Waals surface area contributed by atoms with Gasteiger partial charge in [-0.05, 0) is 44.4 Å². The molecule has 2 heterocycles. The van der Waals surface area contributed by atoms with Crippen LogP contribution in [0.1, 0.15) is 55.8 Å². The predicted octanol–water partition coefficient (Wildman–Crippen LogP) is 3.46. The summed E-state index contributed by atoms with van der Waals surface area (Å²) in [5, 5.41) is 3.51. The minimum atomic E-state index is -0.217. The molecule has 0 amide bonds. The largest absolute Gasteiger partial charge is 0.447 e. The van der Waals surface area contributed by atoms with Crippen molar-refractivity contribution in [1.29, 1.82) is 0 Å². The van der Waals surface area contributed by atoms with E-state index in [4.69, 9.17) is 9.40 Å². The topological polar surface area (TPSA) is 41.3 Å². The third-order valence-electron chi connectivity index (χ3n) is 5.10. The molecule has 0 radical (unpaired) electrons. The number of hydrogen-bond acceptors (Lipinski definition) is 4. The lowest BCUT2D eigenvalue weighted by molar-refractivity contribution is 0.0992. The number of nitrogens with one attached hydrogen (secondary N) is 1. The number of halogens is 1. The SMILES string of the molecule is C[C@@H]1CN[C@@H](C)CN1C(c1ccc(F)cc1)c1nc(C2CC2)co1. The zero-order valence-corrected chi connectivity index (χ0v) is 14.2. The Bertz CT molecular complexity index is 695. The molecule has 1 unspecified atom stereocenters. The molecule has 4 rings (SSSR count). The lowest BCUT2D eigenvalue weighted by atomic mass is 10.0. The van der Waals surface area contributed by atoms with Crippen LogP contribution < -0.4 is 5.32 Å². The molecule has 0 bridgehead atoms. The van der Waals surface area contributed by atoms with Crippen molar-refractivity contribution in [1.82, 2.24) is 15.2 Å². The first kappa shape index (κ1) is 15.8. The van der Waals surface area contributed by atoms with Gasteiger partial charge >= 0.3 is 0 Å². The Labute approximate surface area is 142 Å². The Hall–Kier alpha value is -1.72. The molecule has 128 valence electrons. The second kappa shape index (κ2) is 6.30. The first-order valence-electron chi connectivity index (χ1n) is 8.81. The number of nitrogens with zero attached hydrogens (tertiary/aromatic N) is 2. The highest BCUT2D eigenvalue weighted by molar-refractivity contribution is 5.26. The van der Waals surface area contributed by atoms with E-state index >= 15 is 0 Å². The summed E-state index contributed by atoms with van der Waals surface area (Å²) in [7, 11) is 0. The summed E-state index contributed by atoms with van der Waals surface area (Å²) >= 11 is 0. The molecule has 2 aromatic rings. The number of rotatable bonds is 4. The number of piperazine rings is 1. The Kier molecular flexibility index (Phi) is 4.14. The molecule has 0 spiro atoms. The Balaban J connectivity index is 1.71. The van der Waals surface area contributed by atoms with Gasteiger partial charge in [-0.2, -0.15) is 0 Å². The monoisotopic (exact) mass is 329 g/mol. The Morgan fingerprint density at radius 3 is 2.71 bits per heavy atom. The molecular weight excluding hydrogens is 305 g/mol. The van der Waals surface area contributed by atoms with Crippen LogP contribution in [-0.4, -0.2) is 35.1 Å². The van der Waals surface area contributed by atoms with Crippen molar-refractivity contribution >= 4 is 0 Å². The molecule has 2 aliphatic rings. The summed E-state index contributed by atoms with van der Waals surface area (Å²) in [4.78, 5) is 7.20. The van der Waals surface area contributed by atoms with Gasteiger partial charge in [0.25, 0.3) is 0 Å². The van der Waals surface area contributed by atoms with E-state index in [1.807, 2.05) is 12.1 Å². The zero-order chi connectivity index (χ0) is 16.7. The van der Waals surface area contributed by atoms with Crippen LogP contribution in [0.3, 0.4) is 0 Å². The summed E-state index contributed by atoms with van der Waals surface area (Å²) in [6.07, 6.45) is 4.21. The van der Waals surface area contributed by atoms with E-state index in [9.17, 15) is 4.39 Å². The quantitative estimate of drug-likeness (QED) is 0.933. The molecule has 1 saturated carbocycles. The summed E-state index contributed by atoms with van der Waals surface area (Å²) in [5.41, 5.74) is 2.09. The van der Waals surface area contributed by atoms with E-state index in [1.165, 1.54) is 25.0 Å². The van der Waals surface area contributed by atoms with Crippen molar-refractivity contribution in [3.8, 4) is 0 Å². The van der Waals surface area contributed by atoms with Crippen LogP contribution in [0.4, 0.5) is 4.39 Å². The highest BCUT2D eigenvalue weighted by Gasteiger charge is 2.35. The highest BCUT2D eigenvalue weighted by atomic mass is 19.1. The average Bonchev–Trinajstić information content (AvgIpc) is 3.32. The molecule has 4 nitrogen and oxygen atoms in total. The van der Waals surface area contributed by atoms with Crippen molar-refractivity contribution < 1.29 is 8.81 Å². The third-order valence-corrected chi connectivity index (χ3v) is 5.10. The molecule has 1 aliphatic heterocycles. The second-order valence-electron chi connectivity index (χ2n) is 7.19. The van der Waals surface area contributed by atoms with E-state index in [0.29, 0.717) is 18.0 Å². The van der Waals surface area contributed by atoms with E-state index in [0.717, 1.165) is 30.2 Å². The summed E-state index contributed by atoms with van der Waals surface area (Å²) in [6, 6.07) is 7.42. The maximum Gasteiger partial charge on any atom is 0.216 e. The number of hydrogen-bond donors (Lipinski definition) is 1. The van der Waals surface area contributed by atoms with Gasteiger partial charge in [0, 0.05) is 31.1 Å². The van der Waals surface area contributed by atoms with Gasteiger partial charge in [-0.15, -0.1) is 0 Å². The van der Waals surface area contributed by atoms with Gasteiger partial charge in [0.15, 0.2) is 0 Å². The van der Waals surface area contributed by atoms with Crippen molar-refractivity contribution in [3.63, 3.8) is 0 Å². The van der Waals surface area contributed by atoms with Crippen LogP contribution in [0.5, 0.6) is 0 Å². The Morgan fingerprint density at radius 2 is 2.00 bits per heavy atom. The molecule has 1 saturated heterocycles. The highest BCUT2D eigenvalue weighted by Crippen LogP contribution is 2.41. The van der Waals surface area contributed by atoms with Gasteiger partial charge in [-0.1, -0.05) is 12.1 Å². The number of oxazole rings is 1. The lowest BCUT2D eigenvalue weighted by Crippen LogP contribution is -2.55. The van der Waals surface area contributed by atoms with Crippen LogP contribution in [0, 0.1) is 5.82 Å². The smallest absolute Gasteiger partial charge is 0.216 e. The minimum absolute atomic E-state index is 0.0716. The van der Waals surface area contributed by atoms with Gasteiger partial charge in [-0.3, -0.25) is 4.90 Å². The normalized spacial score (nSPS) is 26.5. The van der Waals surface area contributed by atoms with Crippen molar-refractivity contribution in [2.45, 2.75) is 50.7 Å². The zero-order valence-electron chi connectivity index (χ0n) is 14.2. The van der Waals surface area contributed by atoms with Gasteiger partial charge in [0.1, 0.15) is 18.1 Å². The number of benzene rings is 1. The molecule has 3 atom stereocenters. The average molecular weight is 329 g/mol. The molecule has 1 aliphatic carbocycles. The fourth-order valence-electron chi connectivity index (χ4n) is 3.52. The first-order chi connectivity index (χ1) is 11.6. The first-order valence-corrected chi connectivity index (χ1v) is 8.81. The van der Waals surface area contributed by atoms with Gasteiger partial charge in [0.05, 0.1) is 5.69 Å². The van der Waals surface area contributed by atoms with Crippen molar-refractivity contribution in [2.24, 2.45) is 0 Å². The molecule has 24 heavy (non-hydrogen) atoms. The molecule has 1 N–H and O–H groups in total. The summed E-state index contributed by atoms with van der Waals surface area (Å²) in [5.74, 6) is 1.07. The van der Waals surface area contributed by atoms with Gasteiger partial charge in [0.2, 0.25) is 5.89 Å². The molecule has 5 heteroatoms. The molecule has 1 aromatic carbocycles. The standard InChI is InChI=1S/C19H24FN3O/c1-12-10-23(13(2)9-21-12)18(15-5-7-16(20)8-6-15)19-22-17(11-24-19)14-3-4-14/h5-8,11-14,18,21H,3-4,9-10H2,1-2H3/t12-,13+,18?/m0/s1. The van der Waals surface area contributed by atoms with Gasteiger partial charge < -0.3 is 9.73 Å². The molecule has 2 fully saturated rings. The van der Waals surface area contributed by atoms with Crippen LogP contribution in [0.15, 0.2) is 34.9 Å². The predicted molar refractivity (Wildman–Crippen MR) is 90.4 cm³/mol. The lowest BCUT2D eigenvalue weighted by Gasteiger charge is -2.41. The van der Waals surface area contributed by atoms with Crippen LogP contribution in [0.2, 0.25) is 0 Å². The van der Waals surface area contributed by atoms with E-state index in [1.54, 1.807) is 6.26 Å². The minimum Gasteiger partial charge on any atom is -0.447 e. The fraction of sp³-hybridized carbons (Fsp3) is 0.526. The second-order valence-corrected chi connectivity index (χ2v) is 7.19. The van der Waals surface area contributed by atoms with E-state index in [-0.39, 0.29) is 11.9 Å². The van der Waals surface area contributed by atoms with Gasteiger partial charge in [-0.25, -0.2) is 9.37 Å². The van der Waals surface area contributed by atoms with Crippen LogP contribution in [-0.2, 0) is 0 Å². The van der Waals surface area contributed by atoms with Crippen LogP contribution in [0.25, 0.3) is 0 Å². The summed E-state index contributed by atoms with van der Waals surface area (Å²) in [6.45, 7) is 6.23. The van der Waals surface area contributed by atoms with Crippen molar-refractivity contribution in [2.75, 3.05) is 13.1 Å². The maximum atomic E-state index is 13.4.